The Hall–Kier alpha value is -0.820. The van der Waals surface area contributed by atoms with Crippen LogP contribution in [0, 0.1) is 0 Å². The van der Waals surface area contributed by atoms with Crippen LogP contribution in [0.1, 0.15) is 10.4 Å². The van der Waals surface area contributed by atoms with Crippen LogP contribution in [0.15, 0.2) is 17.0 Å². The first-order valence-electron chi connectivity index (χ1n) is 4.38. The van der Waals surface area contributed by atoms with Crippen LogP contribution in [0.4, 0.5) is 0 Å². The van der Waals surface area contributed by atoms with E-state index in [-0.39, 0.29) is 20.5 Å². The van der Waals surface area contributed by atoms with Gasteiger partial charge in [0.25, 0.3) is 5.91 Å². The first-order chi connectivity index (χ1) is 7.64. The minimum absolute atomic E-state index is 0.0325. The van der Waals surface area contributed by atoms with E-state index in [2.05, 4.69) is 0 Å². The molecule has 0 aliphatic heterocycles. The predicted octanol–water partition coefficient (Wildman–Crippen LogP) is 1.34. The maximum absolute atomic E-state index is 11.7. The molecule has 94 valence electrons. The molecule has 0 saturated heterocycles. The zero-order chi connectivity index (χ0) is 13.4. The number of nitrogens with two attached hydrogens (primary N) is 1. The number of amides is 1. The maximum Gasteiger partial charge on any atom is 0.254 e. The summed E-state index contributed by atoms with van der Waals surface area (Å²) in [6.07, 6.45) is 0. The zero-order valence-electron chi connectivity index (χ0n) is 9.07. The second-order valence-corrected chi connectivity index (χ2v) is 5.85. The van der Waals surface area contributed by atoms with Gasteiger partial charge in [-0.3, -0.25) is 4.79 Å². The Morgan fingerprint density at radius 2 is 1.76 bits per heavy atom. The van der Waals surface area contributed by atoms with Gasteiger partial charge in [0.05, 0.1) is 15.6 Å². The van der Waals surface area contributed by atoms with Crippen LogP contribution in [0.3, 0.4) is 0 Å². The third kappa shape index (κ3) is 3.10. The molecule has 0 bridgehead atoms. The van der Waals surface area contributed by atoms with Gasteiger partial charge in [-0.05, 0) is 12.1 Å². The molecule has 0 aliphatic carbocycles. The van der Waals surface area contributed by atoms with E-state index in [1.54, 1.807) is 0 Å². The van der Waals surface area contributed by atoms with Gasteiger partial charge in [0.15, 0.2) is 0 Å². The van der Waals surface area contributed by atoms with Crippen molar-refractivity contribution in [3.8, 4) is 0 Å². The van der Waals surface area contributed by atoms with Crippen molar-refractivity contribution in [3.63, 3.8) is 0 Å². The second-order valence-electron chi connectivity index (χ2n) is 3.51. The zero-order valence-corrected chi connectivity index (χ0v) is 11.4. The van der Waals surface area contributed by atoms with Crippen molar-refractivity contribution in [2.75, 3.05) is 14.1 Å². The molecule has 0 saturated carbocycles. The summed E-state index contributed by atoms with van der Waals surface area (Å²) in [5.41, 5.74) is 0.0325. The Bertz CT molecular complexity index is 570. The van der Waals surface area contributed by atoms with E-state index < -0.39 is 15.9 Å². The largest absolute Gasteiger partial charge is 0.345 e. The molecule has 2 N–H and O–H groups in total. The van der Waals surface area contributed by atoms with Gasteiger partial charge in [-0.15, -0.1) is 0 Å². The summed E-state index contributed by atoms with van der Waals surface area (Å²) >= 11 is 11.5. The normalized spacial score (nSPS) is 11.4. The number of benzene rings is 1. The topological polar surface area (TPSA) is 80.5 Å². The van der Waals surface area contributed by atoms with Gasteiger partial charge in [0, 0.05) is 14.1 Å². The second kappa shape index (κ2) is 4.81. The highest BCUT2D eigenvalue weighted by molar-refractivity contribution is 7.89. The van der Waals surface area contributed by atoms with E-state index in [0.717, 1.165) is 6.07 Å². The van der Waals surface area contributed by atoms with Crippen LogP contribution in [0.25, 0.3) is 0 Å². The molecule has 1 rings (SSSR count). The minimum atomic E-state index is -3.99. The highest BCUT2D eigenvalue weighted by atomic mass is 35.5. The molecule has 0 fully saturated rings. The van der Waals surface area contributed by atoms with Gasteiger partial charge in [0.2, 0.25) is 10.0 Å². The third-order valence-corrected chi connectivity index (χ3v) is 3.65. The van der Waals surface area contributed by atoms with E-state index in [1.165, 1.54) is 25.1 Å². The number of carbonyl (C=O) groups is 1. The van der Waals surface area contributed by atoms with E-state index in [0.29, 0.717) is 0 Å². The summed E-state index contributed by atoms with van der Waals surface area (Å²) in [7, 11) is -0.958. The summed E-state index contributed by atoms with van der Waals surface area (Å²) in [6.45, 7) is 0. The molecule has 0 unspecified atom stereocenters. The van der Waals surface area contributed by atoms with Crippen molar-refractivity contribution in [3.05, 3.63) is 27.7 Å². The highest BCUT2D eigenvalue weighted by Gasteiger charge is 2.20. The van der Waals surface area contributed by atoms with Crippen molar-refractivity contribution in [1.82, 2.24) is 4.90 Å². The lowest BCUT2D eigenvalue weighted by atomic mass is 10.2. The van der Waals surface area contributed by atoms with Crippen LogP contribution >= 0.6 is 23.2 Å². The lowest BCUT2D eigenvalue weighted by molar-refractivity contribution is 0.0827. The van der Waals surface area contributed by atoms with E-state index in [1.807, 2.05) is 0 Å². The molecule has 0 atom stereocenters. The predicted molar refractivity (Wildman–Crippen MR) is 65.9 cm³/mol. The number of primary sulfonamides is 1. The Kier molecular flexibility index (Phi) is 4.03. The SMILES string of the molecule is CN(C)C(=O)c1cc(S(N)(=O)=O)c(Cl)cc1Cl. The van der Waals surface area contributed by atoms with Crippen LogP contribution in [-0.4, -0.2) is 33.3 Å². The average Bonchev–Trinajstić information content (AvgIpc) is 2.14. The summed E-state index contributed by atoms with van der Waals surface area (Å²) in [4.78, 5) is 12.7. The van der Waals surface area contributed by atoms with Gasteiger partial charge in [-0.1, -0.05) is 23.2 Å². The van der Waals surface area contributed by atoms with Crippen molar-refractivity contribution in [2.45, 2.75) is 4.90 Å². The van der Waals surface area contributed by atoms with Crippen molar-refractivity contribution in [1.29, 1.82) is 0 Å². The van der Waals surface area contributed by atoms with Crippen LogP contribution in [0.5, 0.6) is 0 Å². The van der Waals surface area contributed by atoms with Gasteiger partial charge in [-0.25, -0.2) is 13.6 Å². The fraction of sp³-hybridized carbons (Fsp3) is 0.222. The molecule has 5 nitrogen and oxygen atoms in total. The number of hydrogen-bond donors (Lipinski definition) is 1. The number of hydrogen-bond acceptors (Lipinski definition) is 3. The van der Waals surface area contributed by atoms with Gasteiger partial charge < -0.3 is 4.90 Å². The molecule has 8 heteroatoms. The molecule has 1 aromatic rings. The average molecular weight is 297 g/mol. The Balaban J connectivity index is 3.50. The van der Waals surface area contributed by atoms with E-state index in [9.17, 15) is 13.2 Å². The Labute approximate surface area is 109 Å². The molecule has 1 amide bonds. The summed E-state index contributed by atoms with van der Waals surface area (Å²) < 4.78 is 22.5. The summed E-state index contributed by atoms with van der Waals surface area (Å²) in [6, 6.07) is 2.25. The summed E-state index contributed by atoms with van der Waals surface area (Å²) in [5, 5.41) is 4.93. The van der Waals surface area contributed by atoms with Gasteiger partial charge in [0.1, 0.15) is 4.90 Å². The molecule has 0 spiro atoms. The number of rotatable bonds is 2. The molecule has 0 aromatic heterocycles. The summed E-state index contributed by atoms with van der Waals surface area (Å²) in [5.74, 6) is -0.434. The van der Waals surface area contributed by atoms with E-state index >= 15 is 0 Å². The number of carbonyl (C=O) groups excluding carboxylic acids is 1. The van der Waals surface area contributed by atoms with Crippen molar-refractivity contribution < 1.29 is 13.2 Å². The van der Waals surface area contributed by atoms with Crippen molar-refractivity contribution >= 4 is 39.1 Å². The minimum Gasteiger partial charge on any atom is -0.345 e. The quantitative estimate of drug-likeness (QED) is 0.894. The van der Waals surface area contributed by atoms with Crippen LogP contribution in [0.2, 0.25) is 10.0 Å². The standard InChI is InChI=1S/C9H10Cl2N2O3S/c1-13(2)9(14)5-3-8(17(12,15)16)7(11)4-6(5)10/h3-4H,1-2H3,(H2,12,15,16). The Morgan fingerprint density at radius 1 is 1.24 bits per heavy atom. The first-order valence-corrected chi connectivity index (χ1v) is 6.68. The maximum atomic E-state index is 11.7. The molecule has 0 heterocycles. The highest BCUT2D eigenvalue weighted by Crippen LogP contribution is 2.28. The molecular weight excluding hydrogens is 287 g/mol. The molecule has 0 aliphatic rings. The number of halogens is 2. The fourth-order valence-corrected chi connectivity index (χ4v) is 2.55. The Morgan fingerprint density at radius 3 is 2.18 bits per heavy atom. The van der Waals surface area contributed by atoms with E-state index in [4.69, 9.17) is 28.3 Å². The molecule has 17 heavy (non-hydrogen) atoms. The molecule has 0 radical (unpaired) electrons. The number of sulfonamides is 1. The van der Waals surface area contributed by atoms with Crippen LogP contribution < -0.4 is 5.14 Å². The van der Waals surface area contributed by atoms with Crippen molar-refractivity contribution in [2.24, 2.45) is 5.14 Å². The van der Waals surface area contributed by atoms with Crippen LogP contribution in [-0.2, 0) is 10.0 Å². The number of nitrogens with zero attached hydrogens (tertiary/aromatic N) is 1. The third-order valence-electron chi connectivity index (χ3n) is 1.96. The lowest BCUT2D eigenvalue weighted by Gasteiger charge is -2.13. The van der Waals surface area contributed by atoms with Gasteiger partial charge >= 0.3 is 0 Å². The smallest absolute Gasteiger partial charge is 0.254 e. The molecular formula is C9H10Cl2N2O3S. The van der Waals surface area contributed by atoms with Gasteiger partial charge in [-0.2, -0.15) is 0 Å². The first kappa shape index (κ1) is 14.2. The molecule has 1 aromatic carbocycles. The lowest BCUT2D eigenvalue weighted by Crippen LogP contribution is -2.23. The monoisotopic (exact) mass is 296 g/mol. The fourth-order valence-electron chi connectivity index (χ4n) is 1.15.